The van der Waals surface area contributed by atoms with Gasteiger partial charge in [0.1, 0.15) is 10.7 Å². The summed E-state index contributed by atoms with van der Waals surface area (Å²) in [5, 5.41) is 7.69. The number of carbonyl (C=O) groups excluding carboxylic acids is 1. The Morgan fingerprint density at radius 2 is 2.30 bits per heavy atom. The number of rotatable bonds is 5. The second-order valence-electron chi connectivity index (χ2n) is 4.76. The zero-order chi connectivity index (χ0) is 14.8. The molecule has 3 N–H and O–H groups in total. The van der Waals surface area contributed by atoms with Crippen molar-refractivity contribution in [1.29, 1.82) is 0 Å². The molecule has 2 rings (SSSR count). The van der Waals surface area contributed by atoms with Crippen LogP contribution in [0.25, 0.3) is 0 Å². The van der Waals surface area contributed by atoms with Crippen LogP contribution in [0.4, 0.5) is 0 Å². The van der Waals surface area contributed by atoms with Crippen molar-refractivity contribution in [3.8, 4) is 0 Å². The van der Waals surface area contributed by atoms with Gasteiger partial charge in [-0.3, -0.25) is 4.79 Å². The molecule has 7 nitrogen and oxygen atoms in total. The van der Waals surface area contributed by atoms with Gasteiger partial charge >= 0.3 is 0 Å². The van der Waals surface area contributed by atoms with E-state index in [1.807, 2.05) is 0 Å². The summed E-state index contributed by atoms with van der Waals surface area (Å²) in [6.07, 6.45) is 2.97. The Labute approximate surface area is 117 Å². The summed E-state index contributed by atoms with van der Waals surface area (Å²) >= 11 is 0. The molecular formula is C12H18N2O5S. The van der Waals surface area contributed by atoms with E-state index in [1.165, 1.54) is 6.92 Å². The number of aryl methyl sites for hydroxylation is 1. The molecule has 1 amide bonds. The molecule has 20 heavy (non-hydrogen) atoms. The van der Waals surface area contributed by atoms with E-state index in [1.54, 1.807) is 0 Å². The number of carbonyl (C=O) groups is 1. The van der Waals surface area contributed by atoms with Crippen LogP contribution in [0, 0.1) is 6.92 Å². The monoisotopic (exact) mass is 302 g/mol. The molecule has 112 valence electrons. The van der Waals surface area contributed by atoms with E-state index in [0.717, 1.165) is 31.9 Å². The maximum absolute atomic E-state index is 11.8. The summed E-state index contributed by atoms with van der Waals surface area (Å²) in [6, 6.07) is 1.14. The Kier molecular flexibility index (Phi) is 4.46. The highest BCUT2D eigenvalue weighted by Gasteiger charge is 2.21. The Bertz CT molecular complexity index is 587. The molecule has 2 heterocycles. The number of amides is 1. The fourth-order valence-electron chi connectivity index (χ4n) is 2.17. The predicted octanol–water partition coefficient (Wildman–Crippen LogP) is 0.534. The number of primary sulfonamides is 1. The number of nitrogens with two attached hydrogens (primary N) is 1. The van der Waals surface area contributed by atoms with Crippen molar-refractivity contribution in [2.45, 2.75) is 37.2 Å². The second kappa shape index (κ2) is 5.94. The summed E-state index contributed by atoms with van der Waals surface area (Å²) in [4.78, 5) is 11.7. The van der Waals surface area contributed by atoms with Crippen molar-refractivity contribution in [3.05, 3.63) is 17.6 Å². The van der Waals surface area contributed by atoms with Gasteiger partial charge in [-0.15, -0.1) is 0 Å². The fourth-order valence-corrected chi connectivity index (χ4v) is 2.88. The van der Waals surface area contributed by atoms with E-state index in [2.05, 4.69) is 5.32 Å². The molecule has 1 unspecified atom stereocenters. The second-order valence-corrected chi connectivity index (χ2v) is 6.29. The first-order chi connectivity index (χ1) is 9.38. The van der Waals surface area contributed by atoms with Crippen LogP contribution in [0.3, 0.4) is 0 Å². The number of hydrogen-bond acceptors (Lipinski definition) is 5. The predicted molar refractivity (Wildman–Crippen MR) is 70.7 cm³/mol. The van der Waals surface area contributed by atoms with E-state index < -0.39 is 15.9 Å². The lowest BCUT2D eigenvalue weighted by Gasteiger charge is -2.09. The van der Waals surface area contributed by atoms with Crippen molar-refractivity contribution in [2.24, 2.45) is 5.14 Å². The number of hydrogen-bond donors (Lipinski definition) is 2. The molecule has 8 heteroatoms. The van der Waals surface area contributed by atoms with E-state index in [9.17, 15) is 13.2 Å². The van der Waals surface area contributed by atoms with Crippen LogP contribution in [0.2, 0.25) is 0 Å². The van der Waals surface area contributed by atoms with Gasteiger partial charge in [0.2, 0.25) is 10.0 Å². The van der Waals surface area contributed by atoms with Crippen LogP contribution in [0.5, 0.6) is 0 Å². The number of sulfonamides is 1. The average Bonchev–Trinajstić information content (AvgIpc) is 2.97. The first-order valence-electron chi connectivity index (χ1n) is 6.41. The molecule has 1 atom stereocenters. The topological polar surface area (TPSA) is 112 Å². The Morgan fingerprint density at radius 1 is 1.55 bits per heavy atom. The van der Waals surface area contributed by atoms with Gasteiger partial charge in [-0.25, -0.2) is 13.6 Å². The minimum atomic E-state index is -3.87. The summed E-state index contributed by atoms with van der Waals surface area (Å²) in [5.41, 5.74) is 0. The van der Waals surface area contributed by atoms with Crippen LogP contribution in [-0.2, 0) is 14.8 Å². The first kappa shape index (κ1) is 15.0. The van der Waals surface area contributed by atoms with Crippen LogP contribution < -0.4 is 10.5 Å². The molecule has 1 aliphatic heterocycles. The van der Waals surface area contributed by atoms with Gasteiger partial charge in [0.05, 0.1) is 6.10 Å². The highest BCUT2D eigenvalue weighted by molar-refractivity contribution is 7.89. The molecule has 0 saturated carbocycles. The zero-order valence-electron chi connectivity index (χ0n) is 11.2. The molecule has 1 fully saturated rings. The van der Waals surface area contributed by atoms with Crippen LogP contribution in [-0.4, -0.2) is 33.6 Å². The van der Waals surface area contributed by atoms with Gasteiger partial charge in [0.15, 0.2) is 5.76 Å². The third-order valence-corrected chi connectivity index (χ3v) is 4.20. The molecule has 1 saturated heterocycles. The van der Waals surface area contributed by atoms with E-state index in [-0.39, 0.29) is 22.5 Å². The van der Waals surface area contributed by atoms with Gasteiger partial charge in [0.25, 0.3) is 5.91 Å². The van der Waals surface area contributed by atoms with Crippen LogP contribution >= 0.6 is 0 Å². The Morgan fingerprint density at radius 3 is 2.85 bits per heavy atom. The normalized spacial score (nSPS) is 19.2. The average molecular weight is 302 g/mol. The number of nitrogens with one attached hydrogen (secondary N) is 1. The van der Waals surface area contributed by atoms with Gasteiger partial charge in [0, 0.05) is 19.2 Å². The van der Waals surface area contributed by atoms with Crippen molar-refractivity contribution < 1.29 is 22.4 Å². The smallest absolute Gasteiger partial charge is 0.287 e. The summed E-state index contributed by atoms with van der Waals surface area (Å²) in [5.74, 6) is -0.406. The lowest BCUT2D eigenvalue weighted by Crippen LogP contribution is -2.26. The summed E-state index contributed by atoms with van der Waals surface area (Å²) in [7, 11) is -3.87. The third kappa shape index (κ3) is 3.59. The van der Waals surface area contributed by atoms with Crippen LogP contribution in [0.15, 0.2) is 15.4 Å². The quantitative estimate of drug-likeness (QED) is 0.824. The van der Waals surface area contributed by atoms with Gasteiger partial charge in [-0.1, -0.05) is 0 Å². The SMILES string of the molecule is Cc1oc(C(=O)NCCC2CCCO2)cc1S(N)(=O)=O. The molecule has 0 bridgehead atoms. The van der Waals surface area contributed by atoms with Gasteiger partial charge in [-0.05, 0) is 26.2 Å². The van der Waals surface area contributed by atoms with Crippen molar-refractivity contribution in [3.63, 3.8) is 0 Å². The maximum Gasteiger partial charge on any atom is 0.287 e. The molecule has 0 radical (unpaired) electrons. The number of furan rings is 1. The van der Waals surface area contributed by atoms with E-state index >= 15 is 0 Å². The first-order valence-corrected chi connectivity index (χ1v) is 7.95. The zero-order valence-corrected chi connectivity index (χ0v) is 12.0. The summed E-state index contributed by atoms with van der Waals surface area (Å²) in [6.45, 7) is 2.67. The highest BCUT2D eigenvalue weighted by Crippen LogP contribution is 2.19. The van der Waals surface area contributed by atoms with Crippen molar-refractivity contribution in [2.75, 3.05) is 13.2 Å². The van der Waals surface area contributed by atoms with E-state index in [4.69, 9.17) is 14.3 Å². The van der Waals surface area contributed by atoms with Gasteiger partial charge in [-0.2, -0.15) is 0 Å². The van der Waals surface area contributed by atoms with Crippen molar-refractivity contribution in [1.82, 2.24) is 5.32 Å². The minimum Gasteiger partial charge on any atom is -0.455 e. The molecule has 0 spiro atoms. The third-order valence-electron chi connectivity index (χ3n) is 3.18. The molecule has 0 aromatic carbocycles. The molecular weight excluding hydrogens is 284 g/mol. The standard InChI is InChI=1S/C12H18N2O5S/c1-8-11(20(13,16)17)7-10(19-8)12(15)14-5-4-9-3-2-6-18-9/h7,9H,2-6H2,1H3,(H,14,15)(H2,13,16,17). The van der Waals surface area contributed by atoms with Crippen LogP contribution in [0.1, 0.15) is 35.6 Å². The van der Waals surface area contributed by atoms with Crippen molar-refractivity contribution >= 4 is 15.9 Å². The van der Waals surface area contributed by atoms with E-state index in [0.29, 0.717) is 6.54 Å². The molecule has 1 aromatic heterocycles. The largest absolute Gasteiger partial charge is 0.455 e. The fraction of sp³-hybridized carbons (Fsp3) is 0.583. The Hall–Kier alpha value is -1.38. The lowest BCUT2D eigenvalue weighted by molar-refractivity contribution is 0.0883. The maximum atomic E-state index is 11.8. The molecule has 0 aliphatic carbocycles. The molecule has 1 aliphatic rings. The van der Waals surface area contributed by atoms with Gasteiger partial charge < -0.3 is 14.5 Å². The Balaban J connectivity index is 1.92. The molecule has 1 aromatic rings. The summed E-state index contributed by atoms with van der Waals surface area (Å²) < 4.78 is 33.1. The number of ether oxygens (including phenoxy) is 1. The lowest BCUT2D eigenvalue weighted by atomic mass is 10.2. The highest BCUT2D eigenvalue weighted by atomic mass is 32.2. The minimum absolute atomic E-state index is 0.0566.